The summed E-state index contributed by atoms with van der Waals surface area (Å²) in [4.78, 5) is 8.67. The summed E-state index contributed by atoms with van der Waals surface area (Å²) < 4.78 is 1.75. The van der Waals surface area contributed by atoms with Crippen molar-refractivity contribution >= 4 is 29.9 Å². The summed E-state index contributed by atoms with van der Waals surface area (Å²) in [5.74, 6) is 1.68. The maximum atomic E-state index is 4.37. The monoisotopic (exact) mass is 384 g/mol. The van der Waals surface area contributed by atoms with Gasteiger partial charge in [0.25, 0.3) is 0 Å². The van der Waals surface area contributed by atoms with Crippen molar-refractivity contribution < 1.29 is 0 Å². The fraction of sp³-hybridized carbons (Fsp3) is 0.308. The van der Waals surface area contributed by atoms with Crippen LogP contribution in [0.25, 0.3) is 5.82 Å². The van der Waals surface area contributed by atoms with Crippen LogP contribution in [0.2, 0.25) is 0 Å². The maximum Gasteiger partial charge on any atom is 0.191 e. The predicted molar refractivity (Wildman–Crippen MR) is 88.5 cm³/mol. The molecule has 1 aliphatic rings. The summed E-state index contributed by atoms with van der Waals surface area (Å²) in [5.41, 5.74) is 1.14. The number of nitrogens with one attached hydrogen (secondary N) is 2. The molecule has 0 bridgehead atoms. The van der Waals surface area contributed by atoms with Crippen molar-refractivity contribution in [3.63, 3.8) is 0 Å². The van der Waals surface area contributed by atoms with Gasteiger partial charge in [-0.15, -0.1) is 24.0 Å². The molecule has 20 heavy (non-hydrogen) atoms. The molecule has 0 amide bonds. The second-order valence-electron chi connectivity index (χ2n) is 4.56. The van der Waals surface area contributed by atoms with Gasteiger partial charge in [-0.3, -0.25) is 4.99 Å². The molecule has 2 aromatic rings. The first-order chi connectivity index (χ1) is 9.31. The standard InChI is InChI=1S/C13H16N6.HI/c1-10-8-15-13(18-10)16-9-11-3-5-14-12(7-11)19-6-2-4-17-19;/h2-7,10H,8-9H2,1H3,(H2,15,16,18);1H. The van der Waals surface area contributed by atoms with Gasteiger partial charge in [0, 0.05) is 31.2 Å². The molecule has 1 unspecified atom stereocenters. The molecule has 0 spiro atoms. The molecule has 0 saturated heterocycles. The SMILES string of the molecule is CC1CN=C(NCc2ccnc(-n3cccn3)c2)N1.I. The summed E-state index contributed by atoms with van der Waals surface area (Å²) >= 11 is 0. The molecular weight excluding hydrogens is 367 g/mol. The molecule has 1 aliphatic heterocycles. The number of guanidine groups is 1. The molecule has 106 valence electrons. The van der Waals surface area contributed by atoms with Gasteiger partial charge in [0.05, 0.1) is 6.54 Å². The molecule has 2 N–H and O–H groups in total. The van der Waals surface area contributed by atoms with Gasteiger partial charge in [-0.05, 0) is 30.7 Å². The number of nitrogens with zero attached hydrogens (tertiary/aromatic N) is 4. The first-order valence-electron chi connectivity index (χ1n) is 6.31. The fourth-order valence-corrected chi connectivity index (χ4v) is 1.95. The van der Waals surface area contributed by atoms with E-state index in [1.165, 1.54) is 0 Å². The Morgan fingerprint density at radius 1 is 1.45 bits per heavy atom. The van der Waals surface area contributed by atoms with E-state index in [2.05, 4.69) is 32.6 Å². The lowest BCUT2D eigenvalue weighted by atomic mass is 10.2. The topological polar surface area (TPSA) is 67.1 Å². The number of rotatable bonds is 3. The average molecular weight is 384 g/mol. The van der Waals surface area contributed by atoms with Crippen molar-refractivity contribution in [1.82, 2.24) is 25.4 Å². The van der Waals surface area contributed by atoms with E-state index in [1.54, 1.807) is 17.1 Å². The summed E-state index contributed by atoms with van der Waals surface area (Å²) in [7, 11) is 0. The summed E-state index contributed by atoms with van der Waals surface area (Å²) in [6.45, 7) is 3.66. The molecule has 3 heterocycles. The molecular formula is C13H17IN6. The Hall–Kier alpha value is -1.64. The Labute approximate surface area is 134 Å². The molecule has 0 aromatic carbocycles. The van der Waals surface area contributed by atoms with Gasteiger partial charge in [-0.2, -0.15) is 5.10 Å². The lowest BCUT2D eigenvalue weighted by molar-refractivity contribution is 0.713. The maximum absolute atomic E-state index is 4.37. The zero-order valence-corrected chi connectivity index (χ0v) is 13.5. The molecule has 6 nitrogen and oxygen atoms in total. The van der Waals surface area contributed by atoms with E-state index in [0.29, 0.717) is 6.04 Å². The number of aromatic nitrogens is 3. The first-order valence-corrected chi connectivity index (χ1v) is 6.31. The van der Waals surface area contributed by atoms with E-state index >= 15 is 0 Å². The molecule has 0 saturated carbocycles. The smallest absolute Gasteiger partial charge is 0.191 e. The predicted octanol–water partition coefficient (Wildman–Crippen LogP) is 1.32. The van der Waals surface area contributed by atoms with Gasteiger partial charge in [-0.25, -0.2) is 9.67 Å². The minimum absolute atomic E-state index is 0. The molecule has 7 heteroatoms. The quantitative estimate of drug-likeness (QED) is 0.784. The van der Waals surface area contributed by atoms with E-state index in [-0.39, 0.29) is 24.0 Å². The highest BCUT2D eigenvalue weighted by molar-refractivity contribution is 14.0. The van der Waals surface area contributed by atoms with Gasteiger partial charge in [0.15, 0.2) is 11.8 Å². The minimum Gasteiger partial charge on any atom is -0.352 e. The van der Waals surface area contributed by atoms with Gasteiger partial charge in [0.1, 0.15) is 0 Å². The number of halogens is 1. The van der Waals surface area contributed by atoms with Crippen LogP contribution in [0.4, 0.5) is 0 Å². The zero-order chi connectivity index (χ0) is 13.1. The van der Waals surface area contributed by atoms with Crippen molar-refractivity contribution in [2.45, 2.75) is 19.5 Å². The third-order valence-electron chi connectivity index (χ3n) is 2.92. The van der Waals surface area contributed by atoms with Crippen molar-refractivity contribution in [2.75, 3.05) is 6.54 Å². The highest BCUT2D eigenvalue weighted by Gasteiger charge is 2.11. The first kappa shape index (κ1) is 14.8. The summed E-state index contributed by atoms with van der Waals surface area (Å²) in [6, 6.07) is 6.29. The highest BCUT2D eigenvalue weighted by atomic mass is 127. The van der Waals surface area contributed by atoms with Gasteiger partial charge >= 0.3 is 0 Å². The average Bonchev–Trinajstić information content (AvgIpc) is 3.08. The fourth-order valence-electron chi connectivity index (χ4n) is 1.95. The molecule has 1 atom stereocenters. The van der Waals surface area contributed by atoms with Crippen LogP contribution in [0, 0.1) is 0 Å². The molecule has 2 aromatic heterocycles. The van der Waals surface area contributed by atoms with Crippen LogP contribution in [0.3, 0.4) is 0 Å². The van der Waals surface area contributed by atoms with E-state index < -0.39 is 0 Å². The number of hydrogen-bond donors (Lipinski definition) is 2. The van der Waals surface area contributed by atoms with Crippen LogP contribution in [0.5, 0.6) is 0 Å². The van der Waals surface area contributed by atoms with Crippen molar-refractivity contribution in [3.8, 4) is 5.82 Å². The van der Waals surface area contributed by atoms with Crippen LogP contribution in [-0.4, -0.2) is 33.3 Å². The summed E-state index contributed by atoms with van der Waals surface area (Å²) in [5, 5.41) is 10.7. The van der Waals surface area contributed by atoms with Gasteiger partial charge < -0.3 is 10.6 Å². The second kappa shape index (κ2) is 6.69. The van der Waals surface area contributed by atoms with Crippen LogP contribution in [0.1, 0.15) is 12.5 Å². The third kappa shape index (κ3) is 3.47. The Balaban J connectivity index is 0.00000147. The normalized spacial score (nSPS) is 17.1. The van der Waals surface area contributed by atoms with Crippen LogP contribution in [0.15, 0.2) is 41.8 Å². The van der Waals surface area contributed by atoms with Crippen LogP contribution in [-0.2, 0) is 6.54 Å². The third-order valence-corrected chi connectivity index (χ3v) is 2.92. The zero-order valence-electron chi connectivity index (χ0n) is 11.2. The summed E-state index contributed by atoms with van der Waals surface area (Å²) in [6.07, 6.45) is 5.41. The highest BCUT2D eigenvalue weighted by Crippen LogP contribution is 2.06. The largest absolute Gasteiger partial charge is 0.352 e. The molecule has 0 aliphatic carbocycles. The molecule has 3 rings (SSSR count). The van der Waals surface area contributed by atoms with Crippen molar-refractivity contribution in [1.29, 1.82) is 0 Å². The lowest BCUT2D eigenvalue weighted by Gasteiger charge is -2.09. The van der Waals surface area contributed by atoms with E-state index in [1.807, 2.05) is 24.4 Å². The van der Waals surface area contributed by atoms with Crippen LogP contribution >= 0.6 is 24.0 Å². The number of hydrogen-bond acceptors (Lipinski definition) is 5. The number of pyridine rings is 1. The van der Waals surface area contributed by atoms with Gasteiger partial charge in [-0.1, -0.05) is 0 Å². The molecule has 0 radical (unpaired) electrons. The van der Waals surface area contributed by atoms with Crippen molar-refractivity contribution in [3.05, 3.63) is 42.4 Å². The van der Waals surface area contributed by atoms with Crippen molar-refractivity contribution in [2.24, 2.45) is 4.99 Å². The van der Waals surface area contributed by atoms with E-state index in [4.69, 9.17) is 0 Å². The Morgan fingerprint density at radius 2 is 2.35 bits per heavy atom. The Morgan fingerprint density at radius 3 is 3.05 bits per heavy atom. The van der Waals surface area contributed by atoms with E-state index in [9.17, 15) is 0 Å². The Kier molecular flexibility index (Phi) is 4.94. The van der Waals surface area contributed by atoms with Crippen LogP contribution < -0.4 is 10.6 Å². The second-order valence-corrected chi connectivity index (χ2v) is 4.56. The molecule has 0 fully saturated rings. The minimum atomic E-state index is 0. The lowest BCUT2D eigenvalue weighted by Crippen LogP contribution is -2.37. The van der Waals surface area contributed by atoms with Gasteiger partial charge in [0.2, 0.25) is 0 Å². The Bertz CT molecular complexity index is 580. The number of aliphatic imine (C=N–C) groups is 1. The van der Waals surface area contributed by atoms with E-state index in [0.717, 1.165) is 30.4 Å².